The Bertz CT molecular complexity index is 1140. The molecule has 0 spiro atoms. The molecule has 1 aliphatic heterocycles. The third-order valence-electron chi connectivity index (χ3n) is 5.91. The fraction of sp³-hybridized carbons (Fsp3) is 0.280. The summed E-state index contributed by atoms with van der Waals surface area (Å²) in [6, 6.07) is 17.5. The molecule has 0 saturated carbocycles. The molecule has 2 N–H and O–H groups in total. The zero-order valence-corrected chi connectivity index (χ0v) is 19.4. The molecule has 0 saturated heterocycles. The van der Waals surface area contributed by atoms with Crippen LogP contribution in [0.2, 0.25) is 0 Å². The second kappa shape index (κ2) is 7.90. The molecule has 6 heteroatoms. The first-order valence-electron chi connectivity index (χ1n) is 10.1. The number of allylic oxidation sites excluding steroid dienone is 3. The fourth-order valence-corrected chi connectivity index (χ4v) is 4.79. The fourth-order valence-electron chi connectivity index (χ4n) is 4.52. The van der Waals surface area contributed by atoms with Crippen LogP contribution >= 0.6 is 15.9 Å². The maximum Gasteiger partial charge on any atom is 0.162 e. The van der Waals surface area contributed by atoms with Gasteiger partial charge in [-0.3, -0.25) is 9.69 Å². The minimum Gasteiger partial charge on any atom is -0.497 e. The lowest BCUT2D eigenvalue weighted by molar-refractivity contribution is -0.118. The van der Waals surface area contributed by atoms with Crippen LogP contribution in [-0.2, 0) is 4.79 Å². The summed E-state index contributed by atoms with van der Waals surface area (Å²) in [7, 11) is 1.61. The minimum atomic E-state index is -0.466. The van der Waals surface area contributed by atoms with Crippen LogP contribution in [0.5, 0.6) is 5.75 Å². The number of nitrogens with two attached hydrogens (primary N) is 1. The smallest absolute Gasteiger partial charge is 0.162 e. The molecule has 0 aromatic heterocycles. The third kappa shape index (κ3) is 3.75. The van der Waals surface area contributed by atoms with Crippen molar-refractivity contribution in [3.05, 3.63) is 81.2 Å². The zero-order valence-electron chi connectivity index (χ0n) is 17.8. The standard InChI is InChI=1S/C25H24BrN3O2/c1-25(2)12-20-23(21(30)13-25)22(15-4-6-16(26)7-5-15)19(14-27)24(28)29(20)17-8-10-18(31-3)11-9-17/h4-11,22H,12-13,28H2,1-3H3/t22-/m0/s1. The van der Waals surface area contributed by atoms with Crippen LogP contribution in [0, 0.1) is 16.7 Å². The Hall–Kier alpha value is -3.04. The number of halogens is 1. The van der Waals surface area contributed by atoms with Crippen LogP contribution < -0.4 is 15.4 Å². The van der Waals surface area contributed by atoms with E-state index in [2.05, 4.69) is 35.8 Å². The van der Waals surface area contributed by atoms with E-state index < -0.39 is 5.92 Å². The monoisotopic (exact) mass is 477 g/mol. The molecule has 1 atom stereocenters. The average molecular weight is 478 g/mol. The van der Waals surface area contributed by atoms with Crippen molar-refractivity contribution in [3.8, 4) is 11.8 Å². The second-order valence-corrected chi connectivity index (χ2v) is 9.65. The van der Waals surface area contributed by atoms with Crippen molar-refractivity contribution in [1.82, 2.24) is 0 Å². The van der Waals surface area contributed by atoms with Gasteiger partial charge in [0.05, 0.1) is 24.7 Å². The van der Waals surface area contributed by atoms with Crippen LogP contribution in [-0.4, -0.2) is 12.9 Å². The molecule has 158 valence electrons. The summed E-state index contributed by atoms with van der Waals surface area (Å²) in [5, 5.41) is 10.1. The van der Waals surface area contributed by atoms with Crippen molar-refractivity contribution < 1.29 is 9.53 Å². The number of hydrogen-bond donors (Lipinski definition) is 1. The average Bonchev–Trinajstić information content (AvgIpc) is 2.73. The van der Waals surface area contributed by atoms with Gasteiger partial charge in [-0.25, -0.2) is 0 Å². The molecule has 1 heterocycles. The highest BCUT2D eigenvalue weighted by atomic mass is 79.9. The van der Waals surface area contributed by atoms with E-state index in [1.54, 1.807) is 7.11 Å². The number of nitrogens with zero attached hydrogens (tertiary/aromatic N) is 2. The lowest BCUT2D eigenvalue weighted by Gasteiger charge is -2.43. The quantitative estimate of drug-likeness (QED) is 0.639. The van der Waals surface area contributed by atoms with Crippen molar-refractivity contribution >= 4 is 27.4 Å². The van der Waals surface area contributed by atoms with Gasteiger partial charge >= 0.3 is 0 Å². The molecule has 0 amide bonds. The van der Waals surface area contributed by atoms with Crippen LogP contribution in [0.3, 0.4) is 0 Å². The van der Waals surface area contributed by atoms with Crippen LogP contribution in [0.25, 0.3) is 0 Å². The predicted octanol–water partition coefficient (Wildman–Crippen LogP) is 5.40. The lowest BCUT2D eigenvalue weighted by Crippen LogP contribution is -2.42. The highest BCUT2D eigenvalue weighted by Gasteiger charge is 2.44. The molecule has 0 unspecified atom stereocenters. The van der Waals surface area contributed by atoms with Gasteiger partial charge in [0.2, 0.25) is 0 Å². The second-order valence-electron chi connectivity index (χ2n) is 8.73. The number of carbonyl (C=O) groups is 1. The Morgan fingerprint density at radius 2 is 1.77 bits per heavy atom. The largest absolute Gasteiger partial charge is 0.497 e. The summed E-state index contributed by atoms with van der Waals surface area (Å²) < 4.78 is 6.22. The number of ether oxygens (including phenoxy) is 1. The number of benzene rings is 2. The minimum absolute atomic E-state index is 0.0675. The first-order valence-corrected chi connectivity index (χ1v) is 10.9. The molecule has 5 nitrogen and oxygen atoms in total. The highest BCUT2D eigenvalue weighted by Crippen LogP contribution is 2.50. The first kappa shape index (κ1) is 21.2. The van der Waals surface area contributed by atoms with Gasteiger partial charge in [0.25, 0.3) is 0 Å². The van der Waals surface area contributed by atoms with E-state index in [-0.39, 0.29) is 11.2 Å². The van der Waals surface area contributed by atoms with Gasteiger partial charge in [0.15, 0.2) is 5.78 Å². The molecule has 2 aromatic rings. The van der Waals surface area contributed by atoms with Crippen LogP contribution in [0.15, 0.2) is 75.7 Å². The maximum absolute atomic E-state index is 13.5. The molecule has 0 radical (unpaired) electrons. The summed E-state index contributed by atoms with van der Waals surface area (Å²) in [6.45, 7) is 4.18. The molecule has 0 fully saturated rings. The summed E-state index contributed by atoms with van der Waals surface area (Å²) in [4.78, 5) is 15.3. The van der Waals surface area contributed by atoms with Gasteiger partial charge in [-0.05, 0) is 53.8 Å². The number of ketones is 1. The number of carbonyl (C=O) groups excluding carboxylic acids is 1. The van der Waals surface area contributed by atoms with Gasteiger partial charge in [-0.15, -0.1) is 0 Å². The van der Waals surface area contributed by atoms with Crippen molar-refractivity contribution in [2.75, 3.05) is 12.0 Å². The topological polar surface area (TPSA) is 79.3 Å². The van der Waals surface area contributed by atoms with E-state index in [0.29, 0.717) is 29.8 Å². The van der Waals surface area contributed by atoms with E-state index in [4.69, 9.17) is 10.5 Å². The first-order chi connectivity index (χ1) is 14.8. The molecule has 1 aliphatic carbocycles. The van der Waals surface area contributed by atoms with Crippen molar-refractivity contribution in [3.63, 3.8) is 0 Å². The SMILES string of the molecule is COc1ccc(N2C(N)=C(C#N)[C@H](c3ccc(Br)cc3)C3=C2CC(C)(C)CC3=O)cc1. The summed E-state index contributed by atoms with van der Waals surface area (Å²) in [6.07, 6.45) is 1.13. The van der Waals surface area contributed by atoms with Gasteiger partial charge in [0, 0.05) is 27.9 Å². The maximum atomic E-state index is 13.5. The number of Topliss-reactive ketones (excluding diaryl/α,β-unsaturated/α-hetero) is 1. The predicted molar refractivity (Wildman–Crippen MR) is 124 cm³/mol. The van der Waals surface area contributed by atoms with E-state index in [9.17, 15) is 10.1 Å². The molecule has 2 aromatic carbocycles. The molecule has 31 heavy (non-hydrogen) atoms. The molecular formula is C25H24BrN3O2. The number of anilines is 1. The normalized spacial score (nSPS) is 20.4. The van der Waals surface area contributed by atoms with E-state index >= 15 is 0 Å². The molecule has 2 aliphatic rings. The third-order valence-corrected chi connectivity index (χ3v) is 6.44. The van der Waals surface area contributed by atoms with E-state index in [0.717, 1.165) is 27.2 Å². The zero-order chi connectivity index (χ0) is 22.3. The van der Waals surface area contributed by atoms with Crippen molar-refractivity contribution in [2.24, 2.45) is 11.1 Å². The Morgan fingerprint density at radius 1 is 1.13 bits per heavy atom. The Kier molecular flexibility index (Phi) is 5.40. The molecule has 4 rings (SSSR count). The number of rotatable bonds is 3. The number of methoxy groups -OCH3 is 1. The Balaban J connectivity index is 1.96. The van der Waals surface area contributed by atoms with Crippen LogP contribution in [0.1, 0.15) is 38.2 Å². The van der Waals surface area contributed by atoms with Crippen molar-refractivity contribution in [1.29, 1.82) is 5.26 Å². The van der Waals surface area contributed by atoms with Crippen LogP contribution in [0.4, 0.5) is 5.69 Å². The van der Waals surface area contributed by atoms with Gasteiger partial charge < -0.3 is 10.5 Å². The Morgan fingerprint density at radius 3 is 2.35 bits per heavy atom. The highest BCUT2D eigenvalue weighted by molar-refractivity contribution is 9.10. The number of nitriles is 1. The molecular weight excluding hydrogens is 454 g/mol. The van der Waals surface area contributed by atoms with E-state index in [1.165, 1.54) is 0 Å². The number of hydrogen-bond acceptors (Lipinski definition) is 5. The summed E-state index contributed by atoms with van der Waals surface area (Å²) in [5.74, 6) is 0.694. The lowest BCUT2D eigenvalue weighted by atomic mass is 9.68. The van der Waals surface area contributed by atoms with Gasteiger partial charge in [-0.1, -0.05) is 41.9 Å². The van der Waals surface area contributed by atoms with E-state index in [1.807, 2.05) is 53.4 Å². The van der Waals surface area contributed by atoms with Gasteiger partial charge in [0.1, 0.15) is 11.6 Å². The Labute approximate surface area is 190 Å². The van der Waals surface area contributed by atoms with Crippen molar-refractivity contribution in [2.45, 2.75) is 32.6 Å². The summed E-state index contributed by atoms with van der Waals surface area (Å²) >= 11 is 3.46. The summed E-state index contributed by atoms with van der Waals surface area (Å²) in [5.41, 5.74) is 10.1. The molecule has 0 bridgehead atoms. The van der Waals surface area contributed by atoms with Gasteiger partial charge in [-0.2, -0.15) is 5.26 Å².